The zero-order chi connectivity index (χ0) is 8.55. The predicted molar refractivity (Wildman–Crippen MR) is 46.9 cm³/mol. The number of nitrogens with zero attached hydrogens (tertiary/aromatic N) is 1. The minimum Gasteiger partial charge on any atom is -0.392 e. The zero-order valence-corrected chi connectivity index (χ0v) is 7.25. The number of rotatable bonds is 2. The van der Waals surface area contributed by atoms with Crippen molar-refractivity contribution in [1.29, 1.82) is 0 Å². The summed E-state index contributed by atoms with van der Waals surface area (Å²) in [5.74, 6) is 0.676. The van der Waals surface area contributed by atoms with Gasteiger partial charge in [-0.25, -0.2) is 0 Å². The minimum absolute atomic E-state index is 0.128. The van der Waals surface area contributed by atoms with Crippen molar-refractivity contribution in [2.45, 2.75) is 32.3 Å². The lowest BCUT2D eigenvalue weighted by atomic mass is 10.1. The van der Waals surface area contributed by atoms with Gasteiger partial charge >= 0.3 is 0 Å². The fraction of sp³-hybridized carbons (Fsp3) is 0.500. The van der Waals surface area contributed by atoms with Crippen LogP contribution in [0.5, 0.6) is 0 Å². The molecule has 1 aliphatic rings. The minimum atomic E-state index is 0.128. The van der Waals surface area contributed by atoms with E-state index in [9.17, 15) is 0 Å². The monoisotopic (exact) mass is 163 g/mol. The van der Waals surface area contributed by atoms with Gasteiger partial charge in [0.05, 0.1) is 6.61 Å². The molecular weight excluding hydrogens is 150 g/mol. The summed E-state index contributed by atoms with van der Waals surface area (Å²) in [5, 5.41) is 8.96. The summed E-state index contributed by atoms with van der Waals surface area (Å²) in [6.45, 7) is 2.11. The maximum absolute atomic E-state index is 8.96. The maximum atomic E-state index is 8.96. The second-order valence-corrected chi connectivity index (χ2v) is 3.47. The van der Waals surface area contributed by atoms with Crippen molar-refractivity contribution in [3.63, 3.8) is 0 Å². The molecule has 0 aromatic carbocycles. The molecule has 1 saturated carbocycles. The summed E-state index contributed by atoms with van der Waals surface area (Å²) >= 11 is 0. The van der Waals surface area contributed by atoms with E-state index in [0.29, 0.717) is 5.92 Å². The fourth-order valence-corrected chi connectivity index (χ4v) is 1.45. The second-order valence-electron chi connectivity index (χ2n) is 3.47. The molecule has 2 heteroatoms. The Kier molecular flexibility index (Phi) is 1.85. The average Bonchev–Trinajstić information content (AvgIpc) is 2.85. The molecule has 0 aliphatic heterocycles. The van der Waals surface area contributed by atoms with E-state index in [1.165, 1.54) is 18.5 Å². The van der Waals surface area contributed by atoms with Gasteiger partial charge in [-0.3, -0.25) is 4.98 Å². The zero-order valence-electron chi connectivity index (χ0n) is 7.25. The van der Waals surface area contributed by atoms with Gasteiger partial charge in [-0.05, 0) is 37.5 Å². The van der Waals surface area contributed by atoms with Gasteiger partial charge in [-0.1, -0.05) is 0 Å². The normalized spacial score (nSPS) is 16.5. The van der Waals surface area contributed by atoms with Crippen LogP contribution in [0.2, 0.25) is 0 Å². The van der Waals surface area contributed by atoms with Crippen LogP contribution >= 0.6 is 0 Å². The lowest BCUT2D eigenvalue weighted by Gasteiger charge is -2.02. The van der Waals surface area contributed by atoms with Gasteiger partial charge in [0.2, 0.25) is 0 Å². The first-order valence-electron chi connectivity index (χ1n) is 4.38. The van der Waals surface area contributed by atoms with E-state index in [1.807, 2.05) is 19.1 Å². The molecule has 0 saturated heterocycles. The first-order chi connectivity index (χ1) is 5.79. The topological polar surface area (TPSA) is 33.1 Å². The second kappa shape index (κ2) is 2.87. The van der Waals surface area contributed by atoms with Gasteiger partial charge in [0.1, 0.15) is 0 Å². The first kappa shape index (κ1) is 7.74. The van der Waals surface area contributed by atoms with E-state index in [0.717, 1.165) is 11.3 Å². The Hall–Kier alpha value is -0.890. The van der Waals surface area contributed by atoms with E-state index >= 15 is 0 Å². The fourth-order valence-electron chi connectivity index (χ4n) is 1.45. The highest BCUT2D eigenvalue weighted by atomic mass is 16.3. The number of aliphatic hydroxyl groups is 1. The summed E-state index contributed by atoms with van der Waals surface area (Å²) in [5.41, 5.74) is 3.17. The molecule has 1 heterocycles. The highest BCUT2D eigenvalue weighted by Gasteiger charge is 2.25. The van der Waals surface area contributed by atoms with Crippen molar-refractivity contribution in [1.82, 2.24) is 4.98 Å². The number of pyridine rings is 1. The van der Waals surface area contributed by atoms with Gasteiger partial charge < -0.3 is 5.11 Å². The van der Waals surface area contributed by atoms with E-state index in [2.05, 4.69) is 4.98 Å². The molecule has 1 aromatic rings. The van der Waals surface area contributed by atoms with Gasteiger partial charge in [0.25, 0.3) is 0 Å². The summed E-state index contributed by atoms with van der Waals surface area (Å²) in [7, 11) is 0. The van der Waals surface area contributed by atoms with Crippen molar-refractivity contribution in [2.24, 2.45) is 0 Å². The molecule has 0 atom stereocenters. The smallest absolute Gasteiger partial charge is 0.0683 e. The van der Waals surface area contributed by atoms with Crippen LogP contribution in [0.3, 0.4) is 0 Å². The van der Waals surface area contributed by atoms with Crippen LogP contribution in [-0.4, -0.2) is 10.1 Å². The van der Waals surface area contributed by atoms with E-state index in [-0.39, 0.29) is 6.61 Å². The highest BCUT2D eigenvalue weighted by Crippen LogP contribution is 2.39. The van der Waals surface area contributed by atoms with E-state index < -0.39 is 0 Å². The Morgan fingerprint density at radius 1 is 1.50 bits per heavy atom. The molecule has 0 bridgehead atoms. The van der Waals surface area contributed by atoms with Crippen LogP contribution in [0.25, 0.3) is 0 Å². The molecule has 64 valence electrons. The third kappa shape index (κ3) is 1.48. The van der Waals surface area contributed by atoms with Gasteiger partial charge in [0.15, 0.2) is 0 Å². The summed E-state index contributed by atoms with van der Waals surface area (Å²) in [6.07, 6.45) is 2.53. The predicted octanol–water partition coefficient (Wildman–Crippen LogP) is 1.76. The molecule has 0 radical (unpaired) electrons. The van der Waals surface area contributed by atoms with Gasteiger partial charge in [-0.2, -0.15) is 0 Å². The molecule has 2 nitrogen and oxygen atoms in total. The summed E-state index contributed by atoms with van der Waals surface area (Å²) < 4.78 is 0. The molecule has 0 spiro atoms. The third-order valence-electron chi connectivity index (χ3n) is 2.21. The van der Waals surface area contributed by atoms with Crippen molar-refractivity contribution < 1.29 is 5.11 Å². The molecule has 1 aliphatic carbocycles. The number of aryl methyl sites for hydroxylation is 1. The number of hydrogen-bond donors (Lipinski definition) is 1. The van der Waals surface area contributed by atoms with Crippen LogP contribution < -0.4 is 0 Å². The summed E-state index contributed by atoms with van der Waals surface area (Å²) in [4.78, 5) is 4.43. The molecule has 1 aromatic heterocycles. The SMILES string of the molecule is Cc1cc(CO)cc(C2CC2)n1. The van der Waals surface area contributed by atoms with E-state index in [4.69, 9.17) is 5.11 Å². The van der Waals surface area contributed by atoms with Crippen LogP contribution in [0.15, 0.2) is 12.1 Å². The number of aliphatic hydroxyl groups excluding tert-OH is 1. The Balaban J connectivity index is 2.34. The van der Waals surface area contributed by atoms with Crippen LogP contribution in [0, 0.1) is 6.92 Å². The number of hydrogen-bond acceptors (Lipinski definition) is 2. The maximum Gasteiger partial charge on any atom is 0.0683 e. The molecule has 0 amide bonds. The van der Waals surface area contributed by atoms with Crippen molar-refractivity contribution in [3.05, 3.63) is 29.1 Å². The molecule has 1 fully saturated rings. The Morgan fingerprint density at radius 2 is 2.25 bits per heavy atom. The molecule has 2 rings (SSSR count). The largest absolute Gasteiger partial charge is 0.392 e. The quantitative estimate of drug-likeness (QED) is 0.720. The Bertz CT molecular complexity index is 292. The highest BCUT2D eigenvalue weighted by molar-refractivity contribution is 5.24. The van der Waals surface area contributed by atoms with Gasteiger partial charge in [0, 0.05) is 17.3 Å². The summed E-state index contributed by atoms with van der Waals surface area (Å²) in [6, 6.07) is 3.95. The molecular formula is C10H13NO. The Morgan fingerprint density at radius 3 is 2.83 bits per heavy atom. The average molecular weight is 163 g/mol. The van der Waals surface area contributed by atoms with E-state index in [1.54, 1.807) is 0 Å². The van der Waals surface area contributed by atoms with Crippen LogP contribution in [0.1, 0.15) is 35.7 Å². The van der Waals surface area contributed by atoms with Crippen LogP contribution in [0.4, 0.5) is 0 Å². The molecule has 0 unspecified atom stereocenters. The lowest BCUT2D eigenvalue weighted by Crippen LogP contribution is -1.93. The Labute approximate surface area is 72.3 Å². The van der Waals surface area contributed by atoms with Crippen molar-refractivity contribution >= 4 is 0 Å². The standard InChI is InChI=1S/C10H13NO/c1-7-4-8(6-12)5-10(11-7)9-2-3-9/h4-5,9,12H,2-3,6H2,1H3. The molecule has 1 N–H and O–H groups in total. The van der Waals surface area contributed by atoms with Crippen molar-refractivity contribution in [2.75, 3.05) is 0 Å². The first-order valence-corrected chi connectivity index (χ1v) is 4.38. The third-order valence-corrected chi connectivity index (χ3v) is 2.21. The lowest BCUT2D eigenvalue weighted by molar-refractivity contribution is 0.281. The molecule has 12 heavy (non-hydrogen) atoms. The van der Waals surface area contributed by atoms with Crippen LogP contribution in [-0.2, 0) is 6.61 Å². The van der Waals surface area contributed by atoms with Gasteiger partial charge in [-0.15, -0.1) is 0 Å². The number of aromatic nitrogens is 1. The van der Waals surface area contributed by atoms with Crippen molar-refractivity contribution in [3.8, 4) is 0 Å².